The van der Waals surface area contributed by atoms with E-state index in [0.29, 0.717) is 0 Å². The van der Waals surface area contributed by atoms with Gasteiger partial charge in [-0.05, 0) is 18.9 Å². The van der Waals surface area contributed by atoms with Crippen molar-refractivity contribution in [2.75, 3.05) is 0 Å². The molecule has 1 radical (unpaired) electrons. The summed E-state index contributed by atoms with van der Waals surface area (Å²) in [7, 11) is 0. The third-order valence-electron chi connectivity index (χ3n) is 4.19. The number of hydrogen-bond acceptors (Lipinski definition) is 0. The first-order valence-corrected chi connectivity index (χ1v) is 9.27. The average molecular weight is 301 g/mol. The van der Waals surface area contributed by atoms with Gasteiger partial charge in [-0.15, -0.1) is 0 Å². The van der Waals surface area contributed by atoms with Crippen LogP contribution in [-0.2, 0) is 5.11 Å². The Balaban J connectivity index is 1.89. The normalized spacial score (nSPS) is 11.3. The standard InChI is InChI=1S/C21H33O/c1-2-3-4-5-6-7-8-9-10-11-12-13-14-17-20-18-15-16-19-21(20)22/h14-19H,2-13H2,1H3/b17-14+. The number of hydrogen-bond donors (Lipinski definition) is 0. The van der Waals surface area contributed by atoms with E-state index in [9.17, 15) is 5.11 Å². The molecule has 0 aliphatic heterocycles. The second-order valence-electron chi connectivity index (χ2n) is 6.26. The minimum Gasteiger partial charge on any atom is -0.289 e. The molecule has 0 aliphatic carbocycles. The Morgan fingerprint density at radius 2 is 1.32 bits per heavy atom. The molecule has 0 fully saturated rings. The molecule has 1 aromatic rings. The van der Waals surface area contributed by atoms with Gasteiger partial charge >= 0.3 is 0 Å². The van der Waals surface area contributed by atoms with Gasteiger partial charge in [-0.25, -0.2) is 0 Å². The first kappa shape index (κ1) is 18.8. The Hall–Kier alpha value is -1.24. The number of unbranched alkanes of at least 4 members (excludes halogenated alkanes) is 11. The maximum atomic E-state index is 11.5. The Morgan fingerprint density at radius 3 is 1.91 bits per heavy atom. The Labute approximate surface area is 137 Å². The van der Waals surface area contributed by atoms with Crippen LogP contribution in [0.15, 0.2) is 30.3 Å². The summed E-state index contributed by atoms with van der Waals surface area (Å²) < 4.78 is 0. The van der Waals surface area contributed by atoms with Crippen LogP contribution in [0.4, 0.5) is 0 Å². The highest BCUT2D eigenvalue weighted by molar-refractivity contribution is 5.56. The molecule has 0 saturated heterocycles. The summed E-state index contributed by atoms with van der Waals surface area (Å²) in [5.41, 5.74) is 0.811. The molecule has 0 heterocycles. The van der Waals surface area contributed by atoms with E-state index in [0.717, 1.165) is 12.0 Å². The highest BCUT2D eigenvalue weighted by Gasteiger charge is 1.96. The van der Waals surface area contributed by atoms with Crippen LogP contribution < -0.4 is 0 Å². The van der Waals surface area contributed by atoms with E-state index in [-0.39, 0.29) is 5.75 Å². The zero-order valence-electron chi connectivity index (χ0n) is 14.4. The first-order chi connectivity index (χ1) is 10.8. The minimum absolute atomic E-state index is 0.123. The molecule has 0 spiro atoms. The van der Waals surface area contributed by atoms with Gasteiger partial charge in [-0.1, -0.05) is 101 Å². The van der Waals surface area contributed by atoms with Gasteiger partial charge in [0.05, 0.1) is 0 Å². The zero-order valence-corrected chi connectivity index (χ0v) is 14.4. The average Bonchev–Trinajstić information content (AvgIpc) is 2.53. The molecule has 0 aromatic heterocycles. The van der Waals surface area contributed by atoms with Gasteiger partial charge in [0.2, 0.25) is 0 Å². The van der Waals surface area contributed by atoms with E-state index < -0.39 is 0 Å². The predicted octanol–water partition coefficient (Wildman–Crippen LogP) is 7.54. The third-order valence-corrected chi connectivity index (χ3v) is 4.19. The quantitative estimate of drug-likeness (QED) is 0.335. The zero-order chi connectivity index (χ0) is 15.9. The van der Waals surface area contributed by atoms with Crippen LogP contribution in [-0.4, -0.2) is 0 Å². The number of rotatable bonds is 13. The molecule has 1 heteroatoms. The summed E-state index contributed by atoms with van der Waals surface area (Å²) in [6.45, 7) is 2.27. The number of allylic oxidation sites excluding steroid dienone is 1. The summed E-state index contributed by atoms with van der Waals surface area (Å²) in [6.07, 6.45) is 20.4. The van der Waals surface area contributed by atoms with Crippen molar-refractivity contribution in [3.05, 3.63) is 35.9 Å². The molecule has 0 bridgehead atoms. The van der Waals surface area contributed by atoms with E-state index in [4.69, 9.17) is 0 Å². The fourth-order valence-electron chi connectivity index (χ4n) is 2.75. The lowest BCUT2D eigenvalue weighted by Gasteiger charge is -2.01. The van der Waals surface area contributed by atoms with E-state index >= 15 is 0 Å². The van der Waals surface area contributed by atoms with Gasteiger partial charge in [-0.2, -0.15) is 0 Å². The highest BCUT2D eigenvalue weighted by Crippen LogP contribution is 2.18. The largest absolute Gasteiger partial charge is 0.289 e. The van der Waals surface area contributed by atoms with Gasteiger partial charge in [0, 0.05) is 5.56 Å². The van der Waals surface area contributed by atoms with Crippen molar-refractivity contribution in [1.82, 2.24) is 0 Å². The smallest absolute Gasteiger partial charge is 0.185 e. The Morgan fingerprint density at radius 1 is 0.773 bits per heavy atom. The summed E-state index contributed by atoms with van der Waals surface area (Å²) in [5, 5.41) is 11.5. The van der Waals surface area contributed by atoms with Crippen molar-refractivity contribution in [2.24, 2.45) is 0 Å². The monoisotopic (exact) mass is 301 g/mol. The van der Waals surface area contributed by atoms with Gasteiger partial charge in [0.1, 0.15) is 0 Å². The van der Waals surface area contributed by atoms with Crippen molar-refractivity contribution in [3.63, 3.8) is 0 Å². The lowest BCUT2D eigenvalue weighted by atomic mass is 10.0. The molecule has 0 unspecified atom stereocenters. The van der Waals surface area contributed by atoms with Gasteiger partial charge in [0.25, 0.3) is 0 Å². The fraction of sp³-hybridized carbons (Fsp3) is 0.619. The van der Waals surface area contributed by atoms with Crippen molar-refractivity contribution < 1.29 is 5.11 Å². The van der Waals surface area contributed by atoms with E-state index in [2.05, 4.69) is 13.0 Å². The predicted molar refractivity (Wildman–Crippen MR) is 96.7 cm³/mol. The van der Waals surface area contributed by atoms with Crippen molar-refractivity contribution in [1.29, 1.82) is 0 Å². The third kappa shape index (κ3) is 9.65. The summed E-state index contributed by atoms with van der Waals surface area (Å²) in [6, 6.07) is 7.23. The SMILES string of the molecule is CCCCCCCCCCCCC/C=C/c1ccccc1[O]. The second kappa shape index (κ2) is 13.4. The topological polar surface area (TPSA) is 19.9 Å². The van der Waals surface area contributed by atoms with Crippen LogP contribution in [0.25, 0.3) is 6.08 Å². The lowest BCUT2D eigenvalue weighted by Crippen LogP contribution is -1.82. The van der Waals surface area contributed by atoms with Crippen LogP contribution >= 0.6 is 0 Å². The maximum Gasteiger partial charge on any atom is 0.185 e. The molecule has 1 nitrogen and oxygen atoms in total. The summed E-state index contributed by atoms with van der Waals surface area (Å²) in [4.78, 5) is 0. The molecule has 0 aliphatic rings. The van der Waals surface area contributed by atoms with Gasteiger partial charge < -0.3 is 0 Å². The van der Waals surface area contributed by atoms with Crippen LogP contribution in [0.1, 0.15) is 89.5 Å². The molecular weight excluding hydrogens is 268 g/mol. The maximum absolute atomic E-state index is 11.5. The highest BCUT2D eigenvalue weighted by atomic mass is 16.3. The molecule has 22 heavy (non-hydrogen) atoms. The van der Waals surface area contributed by atoms with Gasteiger partial charge in [-0.3, -0.25) is 5.11 Å². The van der Waals surface area contributed by atoms with Crippen molar-refractivity contribution in [3.8, 4) is 5.75 Å². The van der Waals surface area contributed by atoms with Crippen LogP contribution in [0.3, 0.4) is 0 Å². The van der Waals surface area contributed by atoms with Crippen LogP contribution in [0, 0.1) is 0 Å². The molecule has 0 amide bonds. The van der Waals surface area contributed by atoms with Crippen molar-refractivity contribution >= 4 is 6.08 Å². The number of benzene rings is 1. The van der Waals surface area contributed by atoms with Crippen molar-refractivity contribution in [2.45, 2.75) is 84.0 Å². The molecular formula is C21H33O. The minimum atomic E-state index is 0.123. The summed E-state index contributed by atoms with van der Waals surface area (Å²) in [5.74, 6) is 0.123. The molecule has 0 atom stereocenters. The molecule has 1 aromatic carbocycles. The Bertz CT molecular complexity index is 395. The second-order valence-corrected chi connectivity index (χ2v) is 6.26. The van der Waals surface area contributed by atoms with Gasteiger partial charge in [0.15, 0.2) is 5.75 Å². The van der Waals surface area contributed by atoms with Crippen LogP contribution in [0.5, 0.6) is 5.75 Å². The molecule has 1 rings (SSSR count). The lowest BCUT2D eigenvalue weighted by molar-refractivity contribution is 0.354. The number of para-hydroxylation sites is 1. The van der Waals surface area contributed by atoms with E-state index in [1.54, 1.807) is 12.1 Å². The molecule has 0 saturated carbocycles. The summed E-state index contributed by atoms with van der Waals surface area (Å²) >= 11 is 0. The molecule has 123 valence electrons. The molecule has 0 N–H and O–H groups in total. The Kier molecular flexibility index (Phi) is 11.5. The van der Waals surface area contributed by atoms with Crippen LogP contribution in [0.2, 0.25) is 0 Å². The fourth-order valence-corrected chi connectivity index (χ4v) is 2.75. The van der Waals surface area contributed by atoms with E-state index in [1.165, 1.54) is 70.6 Å². The first-order valence-electron chi connectivity index (χ1n) is 9.27. The van der Waals surface area contributed by atoms with E-state index in [1.807, 2.05) is 18.2 Å².